The van der Waals surface area contributed by atoms with E-state index >= 15 is 0 Å². The molecule has 1 amide bonds. The first-order valence-electron chi connectivity index (χ1n) is 5.64. The standard InChI is InChI=1S/C14H11ClFNO3/c1-20-13-6-8(15)2-4-10(13)14(19)17-9-3-5-12(18)11(16)7-9/h2-7,18H,1H3,(H,17,19). The van der Waals surface area contributed by atoms with Crippen LogP contribution in [0, 0.1) is 5.82 Å². The molecule has 0 radical (unpaired) electrons. The first-order chi connectivity index (χ1) is 9.51. The Hall–Kier alpha value is -2.27. The van der Waals surface area contributed by atoms with Crippen molar-refractivity contribution in [3.8, 4) is 11.5 Å². The molecule has 2 aromatic rings. The fraction of sp³-hybridized carbons (Fsp3) is 0.0714. The number of carbonyl (C=O) groups is 1. The molecule has 0 aliphatic carbocycles. The maximum absolute atomic E-state index is 13.2. The van der Waals surface area contributed by atoms with E-state index in [2.05, 4.69) is 5.32 Å². The van der Waals surface area contributed by atoms with Crippen LogP contribution in [0.2, 0.25) is 5.02 Å². The van der Waals surface area contributed by atoms with Crippen LogP contribution in [0.4, 0.5) is 10.1 Å². The molecule has 4 nitrogen and oxygen atoms in total. The second-order valence-electron chi connectivity index (χ2n) is 3.96. The van der Waals surface area contributed by atoms with E-state index in [-0.39, 0.29) is 11.3 Å². The maximum atomic E-state index is 13.2. The Morgan fingerprint density at radius 3 is 2.70 bits per heavy atom. The zero-order chi connectivity index (χ0) is 14.7. The fourth-order valence-electron chi connectivity index (χ4n) is 1.64. The van der Waals surface area contributed by atoms with Crippen LogP contribution in [-0.4, -0.2) is 18.1 Å². The molecule has 0 unspecified atom stereocenters. The summed E-state index contributed by atoms with van der Waals surface area (Å²) >= 11 is 5.81. The first-order valence-corrected chi connectivity index (χ1v) is 6.02. The number of phenolic OH excluding ortho intramolecular Hbond substituents is 1. The van der Waals surface area contributed by atoms with E-state index < -0.39 is 17.5 Å². The van der Waals surface area contributed by atoms with Crippen molar-refractivity contribution in [2.75, 3.05) is 12.4 Å². The largest absolute Gasteiger partial charge is 0.505 e. The summed E-state index contributed by atoms with van der Waals surface area (Å²) < 4.78 is 18.3. The Morgan fingerprint density at radius 2 is 2.05 bits per heavy atom. The molecular formula is C14H11ClFNO3. The topological polar surface area (TPSA) is 58.6 Å². The molecule has 20 heavy (non-hydrogen) atoms. The van der Waals surface area contributed by atoms with Gasteiger partial charge in [0.05, 0.1) is 12.7 Å². The van der Waals surface area contributed by atoms with Gasteiger partial charge in [0.2, 0.25) is 0 Å². The minimum absolute atomic E-state index is 0.224. The molecule has 0 aliphatic heterocycles. The van der Waals surface area contributed by atoms with Crippen LogP contribution in [0.25, 0.3) is 0 Å². The van der Waals surface area contributed by atoms with Gasteiger partial charge in [0, 0.05) is 16.8 Å². The van der Waals surface area contributed by atoms with Gasteiger partial charge in [-0.15, -0.1) is 0 Å². The van der Waals surface area contributed by atoms with E-state index in [0.29, 0.717) is 10.8 Å². The van der Waals surface area contributed by atoms with Crippen LogP contribution in [0.5, 0.6) is 11.5 Å². The van der Waals surface area contributed by atoms with Crippen molar-refractivity contribution in [1.29, 1.82) is 0 Å². The van der Waals surface area contributed by atoms with Crippen LogP contribution in [-0.2, 0) is 0 Å². The Balaban J connectivity index is 2.25. The third-order valence-corrected chi connectivity index (χ3v) is 2.85. The van der Waals surface area contributed by atoms with Crippen LogP contribution in [0.3, 0.4) is 0 Å². The fourth-order valence-corrected chi connectivity index (χ4v) is 1.80. The number of ether oxygens (including phenoxy) is 1. The molecule has 0 saturated heterocycles. The number of anilines is 1. The molecular weight excluding hydrogens is 285 g/mol. The predicted molar refractivity (Wildman–Crippen MR) is 74.0 cm³/mol. The van der Waals surface area contributed by atoms with Crippen molar-refractivity contribution in [3.63, 3.8) is 0 Å². The monoisotopic (exact) mass is 295 g/mol. The lowest BCUT2D eigenvalue weighted by molar-refractivity contribution is 0.102. The molecule has 2 rings (SSSR count). The minimum atomic E-state index is -0.814. The Kier molecular flexibility index (Phi) is 4.10. The van der Waals surface area contributed by atoms with E-state index in [1.807, 2.05) is 0 Å². The SMILES string of the molecule is COc1cc(Cl)ccc1C(=O)Nc1ccc(O)c(F)c1. The van der Waals surface area contributed by atoms with Gasteiger partial charge >= 0.3 is 0 Å². The van der Waals surface area contributed by atoms with Gasteiger partial charge in [-0.2, -0.15) is 0 Å². The number of methoxy groups -OCH3 is 1. The molecule has 104 valence electrons. The van der Waals surface area contributed by atoms with Crippen molar-refractivity contribution in [3.05, 3.63) is 52.8 Å². The lowest BCUT2D eigenvalue weighted by atomic mass is 10.2. The Bertz CT molecular complexity index is 661. The minimum Gasteiger partial charge on any atom is -0.505 e. The summed E-state index contributed by atoms with van der Waals surface area (Å²) in [5, 5.41) is 12.0. The molecule has 2 N–H and O–H groups in total. The number of hydrogen-bond acceptors (Lipinski definition) is 3. The van der Waals surface area contributed by atoms with Gasteiger partial charge in [-0.3, -0.25) is 4.79 Å². The van der Waals surface area contributed by atoms with Gasteiger partial charge < -0.3 is 15.2 Å². The molecule has 2 aromatic carbocycles. The van der Waals surface area contributed by atoms with Crippen molar-refractivity contribution < 1.29 is 19.0 Å². The second kappa shape index (κ2) is 5.79. The van der Waals surface area contributed by atoms with Crippen molar-refractivity contribution in [2.24, 2.45) is 0 Å². The highest BCUT2D eigenvalue weighted by Gasteiger charge is 2.13. The normalized spacial score (nSPS) is 10.2. The zero-order valence-electron chi connectivity index (χ0n) is 10.5. The summed E-state index contributed by atoms with van der Waals surface area (Å²) in [5.74, 6) is -1.45. The smallest absolute Gasteiger partial charge is 0.259 e. The summed E-state index contributed by atoms with van der Waals surface area (Å²) in [4.78, 5) is 12.1. The second-order valence-corrected chi connectivity index (χ2v) is 4.40. The van der Waals surface area contributed by atoms with E-state index in [0.717, 1.165) is 12.1 Å². The van der Waals surface area contributed by atoms with Gasteiger partial charge in [-0.1, -0.05) is 11.6 Å². The third kappa shape index (κ3) is 3.00. The van der Waals surface area contributed by atoms with E-state index in [1.54, 1.807) is 6.07 Å². The summed E-state index contributed by atoms with van der Waals surface area (Å²) in [6.07, 6.45) is 0. The van der Waals surface area contributed by atoms with Crippen molar-refractivity contribution in [2.45, 2.75) is 0 Å². The molecule has 6 heteroatoms. The number of rotatable bonds is 3. The summed E-state index contributed by atoms with van der Waals surface area (Å²) in [6, 6.07) is 8.13. The van der Waals surface area contributed by atoms with E-state index in [1.165, 1.54) is 25.3 Å². The highest BCUT2D eigenvalue weighted by molar-refractivity contribution is 6.31. The van der Waals surface area contributed by atoms with Crippen LogP contribution >= 0.6 is 11.6 Å². The number of amides is 1. The summed E-state index contributed by atoms with van der Waals surface area (Å²) in [5.41, 5.74) is 0.493. The lowest BCUT2D eigenvalue weighted by Gasteiger charge is -2.10. The molecule has 0 fully saturated rings. The summed E-state index contributed by atoms with van der Waals surface area (Å²) in [6.45, 7) is 0. The molecule has 0 saturated carbocycles. The van der Waals surface area contributed by atoms with E-state index in [4.69, 9.17) is 21.4 Å². The number of nitrogens with one attached hydrogen (secondary N) is 1. The van der Waals surface area contributed by atoms with Crippen LogP contribution < -0.4 is 10.1 Å². The van der Waals surface area contributed by atoms with Crippen molar-refractivity contribution >= 4 is 23.2 Å². The van der Waals surface area contributed by atoms with Crippen LogP contribution in [0.15, 0.2) is 36.4 Å². The molecule has 0 atom stereocenters. The Labute approximate surface area is 119 Å². The number of halogens is 2. The predicted octanol–water partition coefficient (Wildman–Crippen LogP) is 3.45. The number of carbonyl (C=O) groups excluding carboxylic acids is 1. The highest BCUT2D eigenvalue weighted by atomic mass is 35.5. The number of aromatic hydroxyl groups is 1. The number of phenols is 1. The average Bonchev–Trinajstić information content (AvgIpc) is 2.42. The van der Waals surface area contributed by atoms with E-state index in [9.17, 15) is 9.18 Å². The van der Waals surface area contributed by atoms with Gasteiger partial charge in [0.25, 0.3) is 5.91 Å². The van der Waals surface area contributed by atoms with Gasteiger partial charge in [-0.25, -0.2) is 4.39 Å². The summed E-state index contributed by atoms with van der Waals surface area (Å²) in [7, 11) is 1.42. The lowest BCUT2D eigenvalue weighted by Crippen LogP contribution is -2.13. The number of benzene rings is 2. The Morgan fingerprint density at radius 1 is 1.30 bits per heavy atom. The van der Waals surface area contributed by atoms with Crippen LogP contribution in [0.1, 0.15) is 10.4 Å². The molecule has 0 aliphatic rings. The van der Waals surface area contributed by atoms with Gasteiger partial charge in [-0.05, 0) is 30.3 Å². The maximum Gasteiger partial charge on any atom is 0.259 e. The third-order valence-electron chi connectivity index (χ3n) is 2.61. The quantitative estimate of drug-likeness (QED) is 0.853. The molecule has 0 spiro atoms. The number of hydrogen-bond donors (Lipinski definition) is 2. The average molecular weight is 296 g/mol. The first kappa shape index (κ1) is 14.1. The van der Waals surface area contributed by atoms with Crippen molar-refractivity contribution in [1.82, 2.24) is 0 Å². The zero-order valence-corrected chi connectivity index (χ0v) is 11.2. The highest BCUT2D eigenvalue weighted by Crippen LogP contribution is 2.25. The van der Waals surface area contributed by atoms with Gasteiger partial charge in [0.1, 0.15) is 5.75 Å². The molecule has 0 aromatic heterocycles. The molecule has 0 heterocycles. The molecule has 0 bridgehead atoms. The van der Waals surface area contributed by atoms with Gasteiger partial charge in [0.15, 0.2) is 11.6 Å².